The van der Waals surface area contributed by atoms with E-state index < -0.39 is 8.80 Å². The summed E-state index contributed by atoms with van der Waals surface area (Å²) in [6, 6.07) is 19.6. The van der Waals surface area contributed by atoms with Crippen LogP contribution >= 0.6 is 0 Å². The van der Waals surface area contributed by atoms with Gasteiger partial charge < -0.3 is 0 Å². The zero-order valence-electron chi connectivity index (χ0n) is 22.5. The van der Waals surface area contributed by atoms with Gasteiger partial charge in [-0.05, 0) is 79.0 Å². The molecule has 0 radical (unpaired) electrons. The molecule has 0 nitrogen and oxygen atoms in total. The number of hydrogen-bond donors (Lipinski definition) is 0. The lowest BCUT2D eigenvalue weighted by Gasteiger charge is -2.29. The summed E-state index contributed by atoms with van der Waals surface area (Å²) >= 11 is 0. The molecule has 0 bridgehead atoms. The minimum Gasteiger partial charge on any atom is -0.206 e. The Labute approximate surface area is 216 Å². The molecule has 2 heteroatoms. The zero-order valence-corrected chi connectivity index (χ0v) is 23.7. The third-order valence-electron chi connectivity index (χ3n) is 9.28. The lowest BCUT2D eigenvalue weighted by molar-refractivity contribution is 0.302. The monoisotopic (exact) mass is 492 g/mol. The first-order valence-corrected chi connectivity index (χ1v) is 17.5. The van der Waals surface area contributed by atoms with Crippen molar-refractivity contribution in [1.29, 1.82) is 0 Å². The molecular formula is C33H49FSi. The highest BCUT2D eigenvalue weighted by molar-refractivity contribution is 6.59. The Bertz CT molecular complexity index is 872. The summed E-state index contributed by atoms with van der Waals surface area (Å²) in [5.74, 6) is 2.13. The highest BCUT2D eigenvalue weighted by atomic mass is 28.3. The molecule has 0 N–H and O–H groups in total. The molecule has 35 heavy (non-hydrogen) atoms. The van der Waals surface area contributed by atoms with E-state index in [9.17, 15) is 0 Å². The highest BCUT2D eigenvalue weighted by Gasteiger charge is 2.24. The topological polar surface area (TPSA) is 0 Å². The van der Waals surface area contributed by atoms with Crippen molar-refractivity contribution in [3.05, 3.63) is 59.4 Å². The number of rotatable bonds is 11. The van der Waals surface area contributed by atoms with E-state index in [1.807, 2.05) is 12.1 Å². The van der Waals surface area contributed by atoms with Crippen LogP contribution < -0.4 is 0 Å². The average Bonchev–Trinajstić information content (AvgIpc) is 2.90. The quantitative estimate of drug-likeness (QED) is 0.216. The Morgan fingerprint density at radius 2 is 1.34 bits per heavy atom. The van der Waals surface area contributed by atoms with Crippen LogP contribution in [0.25, 0.3) is 11.1 Å². The van der Waals surface area contributed by atoms with Gasteiger partial charge in [0.05, 0.1) is 0 Å². The Hall–Kier alpha value is -1.41. The van der Waals surface area contributed by atoms with Crippen LogP contribution in [-0.2, 0) is 0 Å². The maximum atomic E-state index is 15.2. The van der Waals surface area contributed by atoms with E-state index in [4.69, 9.17) is 0 Å². The second kappa shape index (κ2) is 13.8. The fourth-order valence-electron chi connectivity index (χ4n) is 6.89. The maximum Gasteiger partial charge on any atom is 0.131 e. The molecule has 1 saturated heterocycles. The van der Waals surface area contributed by atoms with Crippen molar-refractivity contribution < 1.29 is 4.39 Å². The molecule has 0 amide bonds. The number of halogens is 1. The molecule has 192 valence electrons. The fourth-order valence-corrected chi connectivity index (χ4v) is 10.4. The lowest BCUT2D eigenvalue weighted by atomic mass is 9.77. The molecule has 4 rings (SSSR count). The molecule has 1 aliphatic heterocycles. The van der Waals surface area contributed by atoms with Gasteiger partial charge in [0.2, 0.25) is 0 Å². The van der Waals surface area contributed by atoms with Crippen LogP contribution in [0.1, 0.15) is 120 Å². The van der Waals surface area contributed by atoms with Crippen molar-refractivity contribution in [3.8, 4) is 11.1 Å². The third kappa shape index (κ3) is 7.54. The fraction of sp³-hybridized carbons (Fsp3) is 0.636. The highest BCUT2D eigenvalue weighted by Crippen LogP contribution is 2.40. The zero-order chi connectivity index (χ0) is 24.5. The standard InChI is InChI=1S/C33H49FSi/c1-3-5-7-9-26-10-12-28(13-11-26)31-18-19-32(33(34)25-31)30-16-14-27(15-17-30)29-20-23-35(24-21-29)22-8-6-4-2/h14-19,25-26,28-29,35H,3-13,20-24H2,1-2H3/t26-,28-,29?,35?. The van der Waals surface area contributed by atoms with Crippen LogP contribution in [-0.4, -0.2) is 8.80 Å². The SMILES string of the molecule is CCCCC[SiH]1CCC(c2ccc(-c3ccc([C@H]4CC[C@H](CCCCC)CC4)cc3F)cc2)CC1. The van der Waals surface area contributed by atoms with Crippen molar-refractivity contribution in [2.24, 2.45) is 5.92 Å². The summed E-state index contributed by atoms with van der Waals surface area (Å²) in [7, 11) is -0.463. The van der Waals surface area contributed by atoms with Crippen LogP contribution in [0.15, 0.2) is 42.5 Å². The smallest absolute Gasteiger partial charge is 0.131 e. The van der Waals surface area contributed by atoms with Crippen molar-refractivity contribution >= 4 is 8.80 Å². The summed E-state index contributed by atoms with van der Waals surface area (Å²) in [6.07, 6.45) is 17.6. The van der Waals surface area contributed by atoms with E-state index in [-0.39, 0.29) is 5.82 Å². The van der Waals surface area contributed by atoms with Gasteiger partial charge in [-0.1, -0.05) is 113 Å². The van der Waals surface area contributed by atoms with Crippen molar-refractivity contribution in [3.63, 3.8) is 0 Å². The van der Waals surface area contributed by atoms with Gasteiger partial charge in [0.15, 0.2) is 0 Å². The van der Waals surface area contributed by atoms with Crippen LogP contribution in [0.5, 0.6) is 0 Å². The minimum atomic E-state index is -0.463. The molecule has 2 aromatic carbocycles. The van der Waals surface area contributed by atoms with Crippen LogP contribution in [0, 0.1) is 11.7 Å². The van der Waals surface area contributed by atoms with Crippen LogP contribution in [0.4, 0.5) is 4.39 Å². The van der Waals surface area contributed by atoms with Gasteiger partial charge in [0, 0.05) is 14.4 Å². The molecule has 2 aromatic rings. The Morgan fingerprint density at radius 3 is 2.00 bits per heavy atom. The minimum absolute atomic E-state index is 0.0427. The average molecular weight is 493 g/mol. The van der Waals surface area contributed by atoms with Crippen LogP contribution in [0.2, 0.25) is 18.1 Å². The summed E-state index contributed by atoms with van der Waals surface area (Å²) in [4.78, 5) is 0. The summed E-state index contributed by atoms with van der Waals surface area (Å²) < 4.78 is 15.2. The van der Waals surface area contributed by atoms with Gasteiger partial charge in [-0.15, -0.1) is 0 Å². The predicted octanol–water partition coefficient (Wildman–Crippen LogP) is 10.6. The van der Waals surface area contributed by atoms with Gasteiger partial charge >= 0.3 is 0 Å². The van der Waals surface area contributed by atoms with Gasteiger partial charge in [-0.2, -0.15) is 0 Å². The molecule has 0 atom stereocenters. The number of unbranched alkanes of at least 4 members (excludes halogenated alkanes) is 4. The molecular weight excluding hydrogens is 443 g/mol. The summed E-state index contributed by atoms with van der Waals surface area (Å²) in [5.41, 5.74) is 4.48. The van der Waals surface area contributed by atoms with E-state index in [1.54, 1.807) is 6.04 Å². The first kappa shape index (κ1) is 26.6. The van der Waals surface area contributed by atoms with Gasteiger partial charge in [-0.3, -0.25) is 0 Å². The maximum absolute atomic E-state index is 15.2. The Balaban J connectivity index is 1.30. The molecule has 1 saturated carbocycles. The van der Waals surface area contributed by atoms with Gasteiger partial charge in [0.1, 0.15) is 5.82 Å². The molecule has 1 aliphatic carbocycles. The largest absolute Gasteiger partial charge is 0.206 e. The Morgan fingerprint density at radius 1 is 0.714 bits per heavy atom. The first-order chi connectivity index (χ1) is 17.2. The van der Waals surface area contributed by atoms with Crippen LogP contribution in [0.3, 0.4) is 0 Å². The second-order valence-electron chi connectivity index (χ2n) is 11.8. The van der Waals surface area contributed by atoms with Gasteiger partial charge in [0.25, 0.3) is 0 Å². The third-order valence-corrected chi connectivity index (χ3v) is 12.8. The van der Waals surface area contributed by atoms with Gasteiger partial charge in [-0.25, -0.2) is 4.39 Å². The van der Waals surface area contributed by atoms with E-state index in [0.29, 0.717) is 5.92 Å². The van der Waals surface area contributed by atoms with Crippen molar-refractivity contribution in [2.75, 3.05) is 0 Å². The van der Waals surface area contributed by atoms with E-state index >= 15 is 4.39 Å². The number of benzene rings is 2. The second-order valence-corrected chi connectivity index (χ2v) is 15.3. The molecule has 0 spiro atoms. The molecule has 1 heterocycles. The van der Waals surface area contributed by atoms with E-state index in [0.717, 1.165) is 23.0 Å². The van der Waals surface area contributed by atoms with E-state index in [2.05, 4.69) is 44.2 Å². The van der Waals surface area contributed by atoms with Crippen molar-refractivity contribution in [2.45, 2.75) is 127 Å². The molecule has 2 fully saturated rings. The predicted molar refractivity (Wildman–Crippen MR) is 154 cm³/mol. The number of hydrogen-bond acceptors (Lipinski definition) is 0. The molecule has 0 unspecified atom stereocenters. The molecule has 2 aliphatic rings. The first-order valence-electron chi connectivity index (χ1n) is 15.1. The lowest BCUT2D eigenvalue weighted by Crippen LogP contribution is -2.20. The van der Waals surface area contributed by atoms with E-state index in [1.165, 1.54) is 107 Å². The summed E-state index contributed by atoms with van der Waals surface area (Å²) in [5, 5.41) is 0. The summed E-state index contributed by atoms with van der Waals surface area (Å²) in [6.45, 7) is 4.59. The Kier molecular flexibility index (Phi) is 10.5. The van der Waals surface area contributed by atoms with Crippen molar-refractivity contribution in [1.82, 2.24) is 0 Å². The normalized spacial score (nSPS) is 25.0. The molecule has 0 aromatic heterocycles.